The third-order valence-electron chi connectivity index (χ3n) is 6.02. The van der Waals surface area contributed by atoms with Gasteiger partial charge >= 0.3 is 0 Å². The lowest BCUT2D eigenvalue weighted by Gasteiger charge is -2.12. The van der Waals surface area contributed by atoms with Crippen molar-refractivity contribution in [2.75, 3.05) is 24.1 Å². The molecule has 0 aliphatic carbocycles. The van der Waals surface area contributed by atoms with Crippen LogP contribution in [0.5, 0.6) is 0 Å². The van der Waals surface area contributed by atoms with Gasteiger partial charge in [-0.2, -0.15) is 0 Å². The van der Waals surface area contributed by atoms with Crippen LogP contribution in [0.4, 0.5) is 11.8 Å². The Labute approximate surface area is 202 Å². The zero-order chi connectivity index (χ0) is 24.4. The Hall–Kier alpha value is -4.71. The van der Waals surface area contributed by atoms with E-state index in [4.69, 9.17) is 10.7 Å². The van der Waals surface area contributed by atoms with Crippen molar-refractivity contribution in [2.45, 2.75) is 19.3 Å². The van der Waals surface area contributed by atoms with E-state index in [9.17, 15) is 9.59 Å². The van der Waals surface area contributed by atoms with Crippen LogP contribution in [0.15, 0.2) is 60.9 Å². The number of rotatable bonds is 4. The first-order valence-electron chi connectivity index (χ1n) is 11.2. The number of nitrogens with zero attached hydrogens (tertiary/aromatic N) is 5. The molecule has 4 aromatic rings. The van der Waals surface area contributed by atoms with Gasteiger partial charge in [0.25, 0.3) is 11.8 Å². The van der Waals surface area contributed by atoms with Crippen molar-refractivity contribution in [1.29, 1.82) is 0 Å². The largest absolute Gasteiger partial charge is 0.369 e. The van der Waals surface area contributed by atoms with E-state index < -0.39 is 0 Å². The number of benzene rings is 1. The van der Waals surface area contributed by atoms with Crippen molar-refractivity contribution < 1.29 is 9.59 Å². The number of aromatic nitrogens is 4. The summed E-state index contributed by atoms with van der Waals surface area (Å²) in [5.74, 6) is 6.36. The second-order valence-corrected chi connectivity index (χ2v) is 8.20. The number of carbonyl (C=O) groups excluding carboxylic acids is 2. The van der Waals surface area contributed by atoms with E-state index >= 15 is 0 Å². The zero-order valence-corrected chi connectivity index (χ0v) is 19.1. The van der Waals surface area contributed by atoms with Crippen LogP contribution >= 0.6 is 0 Å². The molecule has 0 bridgehead atoms. The Bertz CT molecular complexity index is 1470. The minimum absolute atomic E-state index is 0.0616. The highest BCUT2D eigenvalue weighted by atomic mass is 16.2. The quantitative estimate of drug-likeness (QED) is 0.448. The molecule has 9 nitrogen and oxygen atoms in total. The molecule has 35 heavy (non-hydrogen) atoms. The molecule has 3 aromatic heterocycles. The number of amides is 2. The topological polar surface area (TPSA) is 119 Å². The number of pyridine rings is 1. The first-order chi connectivity index (χ1) is 17.0. The van der Waals surface area contributed by atoms with Crippen molar-refractivity contribution in [1.82, 2.24) is 24.3 Å². The minimum atomic E-state index is -0.254. The number of fused-ring (bicyclic) bond motifs is 1. The molecular weight excluding hydrogens is 442 g/mol. The van der Waals surface area contributed by atoms with Crippen LogP contribution < -0.4 is 11.1 Å². The normalized spacial score (nSPS) is 15.0. The Morgan fingerprint density at radius 1 is 1.09 bits per heavy atom. The molecule has 3 N–H and O–H groups in total. The van der Waals surface area contributed by atoms with E-state index in [1.54, 1.807) is 48.5 Å². The van der Waals surface area contributed by atoms with Crippen molar-refractivity contribution in [2.24, 2.45) is 0 Å². The number of anilines is 2. The van der Waals surface area contributed by atoms with Crippen molar-refractivity contribution >= 4 is 29.1 Å². The fourth-order valence-corrected chi connectivity index (χ4v) is 4.33. The SMILES string of the molecule is CC#CC(=O)N1CC[C@@H](c2nc(-c3ccc(C(=O)Nc4ccccn4)cc3)n3c(N)nccc23)C1. The van der Waals surface area contributed by atoms with E-state index in [1.807, 2.05) is 28.7 Å². The number of imidazole rings is 1. The highest BCUT2D eigenvalue weighted by molar-refractivity contribution is 6.04. The third-order valence-corrected chi connectivity index (χ3v) is 6.02. The molecule has 1 saturated heterocycles. The molecule has 1 aliphatic rings. The minimum Gasteiger partial charge on any atom is -0.369 e. The number of nitrogen functional groups attached to an aromatic ring is 1. The lowest BCUT2D eigenvalue weighted by molar-refractivity contribution is -0.124. The molecule has 0 spiro atoms. The van der Waals surface area contributed by atoms with Crippen LogP contribution in [-0.4, -0.2) is 49.2 Å². The van der Waals surface area contributed by atoms with Gasteiger partial charge in [-0.05, 0) is 49.6 Å². The highest BCUT2D eigenvalue weighted by Crippen LogP contribution is 2.33. The molecule has 1 fully saturated rings. The predicted molar refractivity (Wildman–Crippen MR) is 132 cm³/mol. The Balaban J connectivity index is 1.45. The second-order valence-electron chi connectivity index (χ2n) is 8.20. The van der Waals surface area contributed by atoms with Gasteiger partial charge in [0.2, 0.25) is 5.95 Å². The Kier molecular flexibility index (Phi) is 5.85. The zero-order valence-electron chi connectivity index (χ0n) is 19.1. The van der Waals surface area contributed by atoms with Gasteiger partial charge in [-0.3, -0.25) is 14.0 Å². The monoisotopic (exact) mass is 465 g/mol. The summed E-state index contributed by atoms with van der Waals surface area (Å²) in [6, 6.07) is 14.3. The molecule has 1 aromatic carbocycles. The number of nitrogens with one attached hydrogen (secondary N) is 1. The number of carbonyl (C=O) groups is 2. The van der Waals surface area contributed by atoms with Gasteiger partial charge in [0.1, 0.15) is 11.6 Å². The summed E-state index contributed by atoms with van der Waals surface area (Å²) >= 11 is 0. The predicted octanol–water partition coefficient (Wildman–Crippen LogP) is 2.97. The Morgan fingerprint density at radius 3 is 2.66 bits per heavy atom. The summed E-state index contributed by atoms with van der Waals surface area (Å²) in [6.45, 7) is 2.84. The third kappa shape index (κ3) is 4.29. The van der Waals surface area contributed by atoms with E-state index in [0.717, 1.165) is 23.2 Å². The van der Waals surface area contributed by atoms with Gasteiger partial charge in [0.05, 0.1) is 11.2 Å². The molecule has 174 valence electrons. The van der Waals surface area contributed by atoms with Crippen LogP contribution in [0.1, 0.15) is 35.3 Å². The molecule has 1 atom stereocenters. The molecule has 0 radical (unpaired) electrons. The lowest BCUT2D eigenvalue weighted by Crippen LogP contribution is -2.26. The van der Waals surface area contributed by atoms with Gasteiger partial charge in [0.15, 0.2) is 0 Å². The number of hydrogen-bond donors (Lipinski definition) is 2. The summed E-state index contributed by atoms with van der Waals surface area (Å²) < 4.78 is 1.81. The maximum atomic E-state index is 12.6. The lowest BCUT2D eigenvalue weighted by atomic mass is 10.0. The van der Waals surface area contributed by atoms with Crippen molar-refractivity contribution in [3.8, 4) is 23.2 Å². The smallest absolute Gasteiger partial charge is 0.298 e. The van der Waals surface area contributed by atoms with E-state index in [0.29, 0.717) is 36.2 Å². The second kappa shape index (κ2) is 9.27. The molecule has 2 amide bonds. The summed E-state index contributed by atoms with van der Waals surface area (Å²) in [5.41, 5.74) is 9.25. The van der Waals surface area contributed by atoms with E-state index in [1.165, 1.54) is 0 Å². The number of nitrogens with two attached hydrogens (primary N) is 1. The van der Waals surface area contributed by atoms with Crippen LogP contribution in [0, 0.1) is 11.8 Å². The van der Waals surface area contributed by atoms with Crippen molar-refractivity contribution in [3.05, 3.63) is 72.2 Å². The summed E-state index contributed by atoms with van der Waals surface area (Å²) in [6.07, 6.45) is 4.07. The molecular formula is C26H23N7O2. The molecule has 9 heteroatoms. The summed E-state index contributed by atoms with van der Waals surface area (Å²) in [4.78, 5) is 39.9. The maximum Gasteiger partial charge on any atom is 0.298 e. The fourth-order valence-electron chi connectivity index (χ4n) is 4.33. The van der Waals surface area contributed by atoms with E-state index in [2.05, 4.69) is 27.1 Å². The summed E-state index contributed by atoms with van der Waals surface area (Å²) in [5, 5.41) is 2.78. The van der Waals surface area contributed by atoms with Gasteiger partial charge in [-0.1, -0.05) is 24.1 Å². The van der Waals surface area contributed by atoms with Gasteiger partial charge < -0.3 is 16.0 Å². The molecule has 4 heterocycles. The van der Waals surface area contributed by atoms with Crippen LogP contribution in [-0.2, 0) is 4.79 Å². The van der Waals surface area contributed by atoms with Crippen LogP contribution in [0.2, 0.25) is 0 Å². The first kappa shape index (κ1) is 22.1. The van der Waals surface area contributed by atoms with Gasteiger partial charge in [-0.15, -0.1) is 0 Å². The average molecular weight is 466 g/mol. The van der Waals surface area contributed by atoms with Crippen molar-refractivity contribution in [3.63, 3.8) is 0 Å². The molecule has 5 rings (SSSR count). The van der Waals surface area contributed by atoms with E-state index in [-0.39, 0.29) is 17.7 Å². The molecule has 1 aliphatic heterocycles. The summed E-state index contributed by atoms with van der Waals surface area (Å²) in [7, 11) is 0. The molecule has 0 unspecified atom stereocenters. The number of hydrogen-bond acceptors (Lipinski definition) is 6. The van der Waals surface area contributed by atoms with Crippen LogP contribution in [0.25, 0.3) is 16.9 Å². The fraction of sp³-hybridized carbons (Fsp3) is 0.192. The van der Waals surface area contributed by atoms with Gasteiger partial charge in [-0.25, -0.2) is 15.0 Å². The average Bonchev–Trinajstić information content (AvgIpc) is 3.51. The number of likely N-dealkylation sites (tertiary alicyclic amines) is 1. The molecule has 0 saturated carbocycles. The van der Waals surface area contributed by atoms with Gasteiger partial charge in [0, 0.05) is 42.5 Å². The highest BCUT2D eigenvalue weighted by Gasteiger charge is 2.30. The maximum absolute atomic E-state index is 12.6. The first-order valence-corrected chi connectivity index (χ1v) is 11.2. The van der Waals surface area contributed by atoms with Crippen LogP contribution in [0.3, 0.4) is 0 Å². The standard InChI is InChI=1S/C26H23N7O2/c1-2-5-22(34)32-15-12-19(16-32)23-20-11-14-29-26(27)33(20)24(31-23)17-7-9-18(10-8-17)25(35)30-21-6-3-4-13-28-21/h3-4,6-11,13-14,19H,12,15-16H2,1H3,(H2,27,29)(H,28,30,35)/t19-/m1/s1. The Morgan fingerprint density at radius 2 is 1.91 bits per heavy atom.